The first-order valence-electron chi connectivity index (χ1n) is 10.9. The van der Waals surface area contributed by atoms with Gasteiger partial charge in [0.15, 0.2) is 0 Å². The van der Waals surface area contributed by atoms with E-state index in [9.17, 15) is 4.79 Å². The molecule has 166 valence electrons. The zero-order chi connectivity index (χ0) is 22.7. The van der Waals surface area contributed by atoms with Crippen molar-refractivity contribution < 1.29 is 9.32 Å². The highest BCUT2D eigenvalue weighted by molar-refractivity contribution is 6.30. The van der Waals surface area contributed by atoms with Crippen LogP contribution in [0.1, 0.15) is 56.2 Å². The SMILES string of the molecule is CCCCCN1C(=O)NC(c2ccc(C)cc2)C(c2nc(-c3ccc(Cl)cc3)no2)=C1C. The number of hydrogen-bond donors (Lipinski definition) is 1. The number of carbonyl (C=O) groups excluding carboxylic acids is 1. The number of rotatable bonds is 7. The molecule has 2 amide bonds. The Kier molecular flexibility index (Phi) is 6.61. The molecule has 0 saturated heterocycles. The van der Waals surface area contributed by atoms with E-state index >= 15 is 0 Å². The Balaban J connectivity index is 1.76. The van der Waals surface area contributed by atoms with Crippen LogP contribution in [0.15, 0.2) is 58.8 Å². The molecule has 7 heteroatoms. The third-order valence-corrected chi connectivity index (χ3v) is 6.00. The molecular weight excluding hydrogens is 424 g/mol. The molecule has 6 nitrogen and oxygen atoms in total. The monoisotopic (exact) mass is 450 g/mol. The highest BCUT2D eigenvalue weighted by Gasteiger charge is 2.35. The number of halogens is 1. The van der Waals surface area contributed by atoms with Crippen molar-refractivity contribution in [3.8, 4) is 11.4 Å². The summed E-state index contributed by atoms with van der Waals surface area (Å²) in [6, 6.07) is 14.9. The van der Waals surface area contributed by atoms with Gasteiger partial charge >= 0.3 is 6.03 Å². The molecule has 0 fully saturated rings. The number of hydrogen-bond acceptors (Lipinski definition) is 4. The van der Waals surface area contributed by atoms with E-state index in [1.54, 1.807) is 17.0 Å². The van der Waals surface area contributed by atoms with E-state index in [0.717, 1.165) is 47.2 Å². The van der Waals surface area contributed by atoms with Crippen LogP contribution in [0.4, 0.5) is 4.79 Å². The second-order valence-electron chi connectivity index (χ2n) is 8.08. The van der Waals surface area contributed by atoms with Gasteiger partial charge in [0.25, 0.3) is 5.89 Å². The summed E-state index contributed by atoms with van der Waals surface area (Å²) >= 11 is 6.01. The fraction of sp³-hybridized carbons (Fsp3) is 0.320. The molecule has 2 aromatic carbocycles. The number of urea groups is 1. The summed E-state index contributed by atoms with van der Waals surface area (Å²) in [7, 11) is 0. The summed E-state index contributed by atoms with van der Waals surface area (Å²) in [6.45, 7) is 6.78. The fourth-order valence-corrected chi connectivity index (χ4v) is 4.03. The van der Waals surface area contributed by atoms with Crippen molar-refractivity contribution in [3.63, 3.8) is 0 Å². The average Bonchev–Trinajstić information content (AvgIpc) is 3.26. The van der Waals surface area contributed by atoms with Crippen LogP contribution in [0.3, 0.4) is 0 Å². The Bertz CT molecular complexity index is 1120. The van der Waals surface area contributed by atoms with Crippen LogP contribution in [0.25, 0.3) is 17.0 Å². The zero-order valence-electron chi connectivity index (χ0n) is 18.6. The van der Waals surface area contributed by atoms with Crippen LogP contribution >= 0.6 is 11.6 Å². The summed E-state index contributed by atoms with van der Waals surface area (Å²) < 4.78 is 5.71. The number of benzene rings is 2. The first kappa shape index (κ1) is 22.1. The van der Waals surface area contributed by atoms with Gasteiger partial charge in [0, 0.05) is 22.8 Å². The van der Waals surface area contributed by atoms with Crippen molar-refractivity contribution in [2.24, 2.45) is 0 Å². The van der Waals surface area contributed by atoms with Crippen LogP contribution in [0, 0.1) is 6.92 Å². The smallest absolute Gasteiger partial charge is 0.322 e. The zero-order valence-corrected chi connectivity index (χ0v) is 19.3. The molecule has 1 N–H and O–H groups in total. The van der Waals surface area contributed by atoms with Gasteiger partial charge in [-0.1, -0.05) is 66.4 Å². The lowest BCUT2D eigenvalue weighted by atomic mass is 9.94. The molecule has 1 aliphatic heterocycles. The topological polar surface area (TPSA) is 71.3 Å². The summed E-state index contributed by atoms with van der Waals surface area (Å²) in [4.78, 5) is 19.4. The normalized spacial score (nSPS) is 16.4. The minimum Gasteiger partial charge on any atom is -0.334 e. The van der Waals surface area contributed by atoms with E-state index < -0.39 is 0 Å². The largest absolute Gasteiger partial charge is 0.334 e. The molecule has 0 spiro atoms. The lowest BCUT2D eigenvalue weighted by Gasteiger charge is -2.35. The molecule has 0 saturated carbocycles. The van der Waals surface area contributed by atoms with Gasteiger partial charge in [-0.05, 0) is 50.1 Å². The molecular formula is C25H27ClN4O2. The fourth-order valence-electron chi connectivity index (χ4n) is 3.91. The number of carbonyl (C=O) groups is 1. The lowest BCUT2D eigenvalue weighted by Crippen LogP contribution is -2.46. The molecule has 3 aromatic rings. The molecule has 0 aliphatic carbocycles. The lowest BCUT2D eigenvalue weighted by molar-refractivity contribution is 0.204. The Hall–Kier alpha value is -3.12. The molecule has 2 heterocycles. The van der Waals surface area contributed by atoms with Gasteiger partial charge in [-0.3, -0.25) is 4.90 Å². The van der Waals surface area contributed by atoms with Crippen molar-refractivity contribution >= 4 is 23.2 Å². The van der Waals surface area contributed by atoms with Crippen molar-refractivity contribution in [3.05, 3.63) is 76.3 Å². The predicted octanol–water partition coefficient (Wildman–Crippen LogP) is 6.39. The number of nitrogens with zero attached hydrogens (tertiary/aromatic N) is 3. The highest BCUT2D eigenvalue weighted by atomic mass is 35.5. The first-order chi connectivity index (χ1) is 15.5. The van der Waals surface area contributed by atoms with Gasteiger partial charge in [0.2, 0.25) is 5.82 Å². The van der Waals surface area contributed by atoms with Crippen molar-refractivity contribution in [2.45, 2.75) is 46.1 Å². The number of nitrogens with one attached hydrogen (secondary N) is 1. The van der Waals surface area contributed by atoms with Gasteiger partial charge in [0.1, 0.15) is 0 Å². The number of allylic oxidation sites excluding steroid dienone is 1. The third kappa shape index (κ3) is 4.55. The molecule has 1 aliphatic rings. The van der Waals surface area contributed by atoms with Crippen LogP contribution in [0.2, 0.25) is 5.02 Å². The van der Waals surface area contributed by atoms with Crippen LogP contribution in [-0.2, 0) is 0 Å². The summed E-state index contributed by atoms with van der Waals surface area (Å²) in [5.41, 5.74) is 4.59. The first-order valence-corrected chi connectivity index (χ1v) is 11.3. The Morgan fingerprint density at radius 3 is 2.47 bits per heavy atom. The maximum atomic E-state index is 13.0. The highest BCUT2D eigenvalue weighted by Crippen LogP contribution is 2.37. The van der Waals surface area contributed by atoms with Gasteiger partial charge in [-0.25, -0.2) is 4.79 Å². The summed E-state index contributed by atoms with van der Waals surface area (Å²) in [5.74, 6) is 0.882. The van der Waals surface area contributed by atoms with Crippen LogP contribution < -0.4 is 5.32 Å². The Morgan fingerprint density at radius 2 is 1.78 bits per heavy atom. The number of amides is 2. The van der Waals surface area contributed by atoms with Crippen molar-refractivity contribution in [2.75, 3.05) is 6.54 Å². The van der Waals surface area contributed by atoms with E-state index in [1.165, 1.54) is 0 Å². The van der Waals surface area contributed by atoms with Crippen LogP contribution in [0.5, 0.6) is 0 Å². The second kappa shape index (κ2) is 9.57. The van der Waals surface area contributed by atoms with E-state index in [1.807, 2.05) is 50.2 Å². The molecule has 1 atom stereocenters. The van der Waals surface area contributed by atoms with Gasteiger partial charge in [-0.15, -0.1) is 0 Å². The standard InChI is InChI=1S/C25H27ClN4O2/c1-4-5-6-15-30-17(3)21(22(27-25(30)31)18-9-7-16(2)8-10-18)24-28-23(29-32-24)19-11-13-20(26)14-12-19/h7-14,22H,4-6,15H2,1-3H3,(H,27,31). The minimum absolute atomic E-state index is 0.106. The summed E-state index contributed by atoms with van der Waals surface area (Å²) in [5, 5.41) is 7.99. The quantitative estimate of drug-likeness (QED) is 0.423. The van der Waals surface area contributed by atoms with Crippen molar-refractivity contribution in [1.29, 1.82) is 0 Å². The van der Waals surface area contributed by atoms with Gasteiger partial charge in [-0.2, -0.15) is 4.98 Å². The number of unbranched alkanes of at least 4 members (excludes halogenated alkanes) is 2. The molecule has 0 bridgehead atoms. The maximum Gasteiger partial charge on any atom is 0.322 e. The molecule has 1 unspecified atom stereocenters. The van der Waals surface area contributed by atoms with E-state index in [4.69, 9.17) is 16.1 Å². The molecule has 4 rings (SSSR count). The Labute approximate surface area is 193 Å². The second-order valence-corrected chi connectivity index (χ2v) is 8.52. The number of aryl methyl sites for hydroxylation is 1. The van der Waals surface area contributed by atoms with E-state index in [2.05, 4.69) is 22.4 Å². The number of aromatic nitrogens is 2. The maximum absolute atomic E-state index is 13.0. The molecule has 32 heavy (non-hydrogen) atoms. The average molecular weight is 451 g/mol. The van der Waals surface area contributed by atoms with E-state index in [0.29, 0.717) is 23.3 Å². The van der Waals surface area contributed by atoms with Gasteiger partial charge < -0.3 is 9.84 Å². The molecule has 1 aromatic heterocycles. The predicted molar refractivity (Wildman–Crippen MR) is 126 cm³/mol. The van der Waals surface area contributed by atoms with E-state index in [-0.39, 0.29) is 12.1 Å². The van der Waals surface area contributed by atoms with Gasteiger partial charge in [0.05, 0.1) is 11.6 Å². The minimum atomic E-state index is -0.371. The summed E-state index contributed by atoms with van der Waals surface area (Å²) in [6.07, 6.45) is 3.09. The van der Waals surface area contributed by atoms with Crippen molar-refractivity contribution in [1.82, 2.24) is 20.4 Å². The third-order valence-electron chi connectivity index (χ3n) is 5.75. The molecule has 0 radical (unpaired) electrons. The van der Waals surface area contributed by atoms with Crippen LogP contribution in [-0.4, -0.2) is 27.6 Å². The Morgan fingerprint density at radius 1 is 1.06 bits per heavy atom.